The van der Waals surface area contributed by atoms with Crippen molar-refractivity contribution in [2.45, 2.75) is 25.4 Å². The van der Waals surface area contributed by atoms with Gasteiger partial charge in [0.15, 0.2) is 5.78 Å². The Labute approximate surface area is 105 Å². The Morgan fingerprint density at radius 1 is 1.25 bits per heavy atom. The Balaban J connectivity index is 2.51. The first-order chi connectivity index (χ1) is 7.40. The van der Waals surface area contributed by atoms with Crippen LogP contribution < -0.4 is 0 Å². The Kier molecular flexibility index (Phi) is 4.76. The molecule has 5 heteroatoms. The normalized spacial score (nSPS) is 11.5. The van der Waals surface area contributed by atoms with E-state index in [-0.39, 0.29) is 18.6 Å². The molecule has 0 spiro atoms. The second-order valence-electron chi connectivity index (χ2n) is 3.37. The number of carbonyl (C=O) groups excluding carboxylic acids is 1. The van der Waals surface area contributed by atoms with Gasteiger partial charge < -0.3 is 0 Å². The fraction of sp³-hybridized carbons (Fsp3) is 0.364. The van der Waals surface area contributed by atoms with E-state index < -0.39 is 12.6 Å². The standard InChI is InChI=1S/C11H10F3IO/c12-11(13,14)7-3-6-10(16)8-4-1-2-5-9(8)15/h1-2,4-5H,3,6-7H2. The molecule has 0 bridgehead atoms. The minimum Gasteiger partial charge on any atom is -0.294 e. The van der Waals surface area contributed by atoms with E-state index in [0.29, 0.717) is 5.56 Å². The van der Waals surface area contributed by atoms with Gasteiger partial charge in [0.05, 0.1) is 0 Å². The number of Topliss-reactive ketones (excluding diaryl/α,β-unsaturated/α-hetero) is 1. The van der Waals surface area contributed by atoms with Gasteiger partial charge in [-0.15, -0.1) is 0 Å². The van der Waals surface area contributed by atoms with Crippen LogP contribution in [-0.2, 0) is 0 Å². The van der Waals surface area contributed by atoms with Crippen molar-refractivity contribution in [1.82, 2.24) is 0 Å². The summed E-state index contributed by atoms with van der Waals surface area (Å²) in [6.07, 6.45) is -5.28. The molecule has 0 saturated carbocycles. The largest absolute Gasteiger partial charge is 0.389 e. The number of hydrogen-bond acceptors (Lipinski definition) is 1. The minimum absolute atomic E-state index is 0.0560. The molecule has 0 atom stereocenters. The molecule has 0 heterocycles. The molecule has 0 aromatic heterocycles. The van der Waals surface area contributed by atoms with Crippen LogP contribution in [0.15, 0.2) is 24.3 Å². The zero-order valence-electron chi connectivity index (χ0n) is 8.35. The molecule has 0 aliphatic heterocycles. The van der Waals surface area contributed by atoms with E-state index in [0.717, 1.165) is 3.57 Å². The molecule has 0 fully saturated rings. The molecule has 1 nitrogen and oxygen atoms in total. The maximum atomic E-state index is 11.9. The average molecular weight is 342 g/mol. The predicted molar refractivity (Wildman–Crippen MR) is 63.4 cm³/mol. The van der Waals surface area contributed by atoms with E-state index in [2.05, 4.69) is 0 Å². The van der Waals surface area contributed by atoms with Gasteiger partial charge in [-0.3, -0.25) is 4.79 Å². The number of hydrogen-bond donors (Lipinski definition) is 0. The molecule has 0 unspecified atom stereocenters. The third-order valence-corrected chi connectivity index (χ3v) is 2.98. The van der Waals surface area contributed by atoms with Crippen molar-refractivity contribution < 1.29 is 18.0 Å². The van der Waals surface area contributed by atoms with Gasteiger partial charge in [0, 0.05) is 22.0 Å². The number of carbonyl (C=O) groups is 1. The lowest BCUT2D eigenvalue weighted by Crippen LogP contribution is -2.09. The lowest BCUT2D eigenvalue weighted by atomic mass is 10.1. The first-order valence-corrected chi connectivity index (χ1v) is 5.82. The highest BCUT2D eigenvalue weighted by atomic mass is 127. The molecule has 0 amide bonds. The molecule has 0 N–H and O–H groups in total. The summed E-state index contributed by atoms with van der Waals surface area (Å²) in [7, 11) is 0. The van der Waals surface area contributed by atoms with Crippen molar-refractivity contribution in [3.63, 3.8) is 0 Å². The van der Waals surface area contributed by atoms with E-state index in [1.54, 1.807) is 24.3 Å². The Morgan fingerprint density at radius 3 is 2.44 bits per heavy atom. The maximum Gasteiger partial charge on any atom is 0.389 e. The SMILES string of the molecule is O=C(CCCC(F)(F)F)c1ccccc1I. The zero-order chi connectivity index (χ0) is 12.2. The van der Waals surface area contributed by atoms with Gasteiger partial charge in [-0.05, 0) is 35.1 Å². The second-order valence-corrected chi connectivity index (χ2v) is 4.53. The molecule has 0 aliphatic rings. The van der Waals surface area contributed by atoms with Crippen LogP contribution in [0.2, 0.25) is 0 Å². The first-order valence-electron chi connectivity index (χ1n) is 4.74. The Morgan fingerprint density at radius 2 is 1.88 bits per heavy atom. The molecule has 0 saturated heterocycles. The Bertz CT molecular complexity index is 374. The number of benzene rings is 1. The van der Waals surface area contributed by atoms with Crippen molar-refractivity contribution in [1.29, 1.82) is 0 Å². The predicted octanol–water partition coefficient (Wildman–Crippen LogP) is 4.21. The van der Waals surface area contributed by atoms with Gasteiger partial charge >= 0.3 is 6.18 Å². The molecule has 0 aliphatic carbocycles. The van der Waals surface area contributed by atoms with Gasteiger partial charge in [0.1, 0.15) is 0 Å². The van der Waals surface area contributed by atoms with Gasteiger partial charge in [0.2, 0.25) is 0 Å². The van der Waals surface area contributed by atoms with Crippen LogP contribution in [-0.4, -0.2) is 12.0 Å². The van der Waals surface area contributed by atoms with Gasteiger partial charge in [-0.25, -0.2) is 0 Å². The molecule has 88 valence electrons. The van der Waals surface area contributed by atoms with Crippen molar-refractivity contribution in [3.05, 3.63) is 33.4 Å². The smallest absolute Gasteiger partial charge is 0.294 e. The van der Waals surface area contributed by atoms with Crippen LogP contribution in [0.25, 0.3) is 0 Å². The van der Waals surface area contributed by atoms with E-state index in [1.807, 2.05) is 22.6 Å². The van der Waals surface area contributed by atoms with E-state index in [1.165, 1.54) is 0 Å². The minimum atomic E-state index is -4.18. The van der Waals surface area contributed by atoms with E-state index in [9.17, 15) is 18.0 Å². The average Bonchev–Trinajstić information content (AvgIpc) is 2.16. The fourth-order valence-electron chi connectivity index (χ4n) is 1.27. The molecular formula is C11H10F3IO. The summed E-state index contributed by atoms with van der Waals surface area (Å²) in [4.78, 5) is 11.6. The zero-order valence-corrected chi connectivity index (χ0v) is 10.5. The molecule has 1 rings (SSSR count). The van der Waals surface area contributed by atoms with Crippen molar-refractivity contribution >= 4 is 28.4 Å². The van der Waals surface area contributed by atoms with Gasteiger partial charge in [0.25, 0.3) is 0 Å². The summed E-state index contributed by atoms with van der Waals surface area (Å²) in [5, 5.41) is 0. The number of ketones is 1. The third kappa shape index (κ3) is 4.51. The van der Waals surface area contributed by atoms with Gasteiger partial charge in [-0.1, -0.05) is 18.2 Å². The van der Waals surface area contributed by atoms with Crippen molar-refractivity contribution in [2.75, 3.05) is 0 Å². The summed E-state index contributed by atoms with van der Waals surface area (Å²) in [6, 6.07) is 6.89. The fourth-order valence-corrected chi connectivity index (χ4v) is 1.96. The first kappa shape index (κ1) is 13.5. The quantitative estimate of drug-likeness (QED) is 0.592. The number of halogens is 4. The van der Waals surface area contributed by atoms with Crippen LogP contribution in [0.3, 0.4) is 0 Å². The summed E-state index contributed by atoms with van der Waals surface area (Å²) in [5.41, 5.74) is 0.505. The molecule has 16 heavy (non-hydrogen) atoms. The van der Waals surface area contributed by atoms with Crippen molar-refractivity contribution in [2.24, 2.45) is 0 Å². The summed E-state index contributed by atoms with van der Waals surface area (Å²) in [5.74, 6) is -0.228. The van der Waals surface area contributed by atoms with E-state index in [4.69, 9.17) is 0 Å². The monoisotopic (exact) mass is 342 g/mol. The van der Waals surface area contributed by atoms with Gasteiger partial charge in [-0.2, -0.15) is 13.2 Å². The molecule has 0 radical (unpaired) electrons. The van der Waals surface area contributed by atoms with Crippen LogP contribution in [0.1, 0.15) is 29.6 Å². The maximum absolute atomic E-state index is 11.9. The van der Waals surface area contributed by atoms with Crippen LogP contribution >= 0.6 is 22.6 Å². The van der Waals surface area contributed by atoms with E-state index >= 15 is 0 Å². The lowest BCUT2D eigenvalue weighted by Gasteiger charge is -2.06. The van der Waals surface area contributed by atoms with Crippen LogP contribution in [0, 0.1) is 3.57 Å². The van der Waals surface area contributed by atoms with Crippen molar-refractivity contribution in [3.8, 4) is 0 Å². The molecule has 1 aromatic carbocycles. The third-order valence-electron chi connectivity index (χ3n) is 2.04. The number of alkyl halides is 3. The Hall–Kier alpha value is -0.590. The number of rotatable bonds is 4. The summed E-state index contributed by atoms with van der Waals surface area (Å²) >= 11 is 2.00. The highest BCUT2D eigenvalue weighted by Gasteiger charge is 2.26. The van der Waals surface area contributed by atoms with Crippen LogP contribution in [0.4, 0.5) is 13.2 Å². The second kappa shape index (κ2) is 5.65. The summed E-state index contributed by atoms with van der Waals surface area (Å²) in [6.45, 7) is 0. The highest BCUT2D eigenvalue weighted by Crippen LogP contribution is 2.23. The van der Waals surface area contributed by atoms with Crippen LogP contribution in [0.5, 0.6) is 0 Å². The topological polar surface area (TPSA) is 17.1 Å². The summed E-state index contributed by atoms with van der Waals surface area (Å²) < 4.78 is 36.4. The molecule has 1 aromatic rings. The lowest BCUT2D eigenvalue weighted by molar-refractivity contribution is -0.135. The molecular weight excluding hydrogens is 332 g/mol. The highest BCUT2D eigenvalue weighted by molar-refractivity contribution is 14.1.